The van der Waals surface area contributed by atoms with Gasteiger partial charge in [-0.05, 0) is 50.0 Å². The van der Waals surface area contributed by atoms with Crippen molar-refractivity contribution in [2.24, 2.45) is 11.7 Å². The molecule has 0 fully saturated rings. The van der Waals surface area contributed by atoms with Crippen LogP contribution in [0.4, 0.5) is 5.69 Å². The molecule has 1 atom stereocenters. The normalized spacial score (nSPS) is 18.3. The van der Waals surface area contributed by atoms with Crippen LogP contribution in [0, 0.1) is 12.8 Å². The summed E-state index contributed by atoms with van der Waals surface area (Å²) in [4.78, 5) is 25.7. The number of ketones is 2. The standard InChI is InChI=1S/C21H28N2O4/c1-4-5-6-7-13(9-12(3)22)20(26)14-10-16(24)17-15(23)8-11(2)19(25)18(17)21(14)27/h8-9,14,25-26H,4-7,10,22-23H2,1-3H3/b12-9+,20-13+. The van der Waals surface area contributed by atoms with Gasteiger partial charge in [0.25, 0.3) is 0 Å². The lowest BCUT2D eigenvalue weighted by molar-refractivity contribution is 0.0812. The average molecular weight is 372 g/mol. The third-order valence-electron chi connectivity index (χ3n) is 4.86. The van der Waals surface area contributed by atoms with Gasteiger partial charge >= 0.3 is 0 Å². The summed E-state index contributed by atoms with van der Waals surface area (Å²) >= 11 is 0. The van der Waals surface area contributed by atoms with Crippen LogP contribution in [0.15, 0.2) is 29.2 Å². The van der Waals surface area contributed by atoms with Crippen LogP contribution in [-0.4, -0.2) is 21.8 Å². The summed E-state index contributed by atoms with van der Waals surface area (Å²) < 4.78 is 0. The minimum atomic E-state index is -1.04. The van der Waals surface area contributed by atoms with Crippen LogP contribution in [0.5, 0.6) is 5.75 Å². The molecule has 6 nitrogen and oxygen atoms in total. The summed E-state index contributed by atoms with van der Waals surface area (Å²) in [7, 11) is 0. The lowest BCUT2D eigenvalue weighted by atomic mass is 9.78. The average Bonchev–Trinajstić information content (AvgIpc) is 2.59. The van der Waals surface area contributed by atoms with Crippen LogP contribution in [0.3, 0.4) is 0 Å². The summed E-state index contributed by atoms with van der Waals surface area (Å²) in [6.07, 6.45) is 4.84. The number of carbonyl (C=O) groups excluding carboxylic acids is 2. The molecule has 0 saturated heterocycles. The molecule has 27 heavy (non-hydrogen) atoms. The molecule has 146 valence electrons. The number of aliphatic hydroxyl groups is 1. The number of aromatic hydroxyl groups is 1. The summed E-state index contributed by atoms with van der Waals surface area (Å²) in [6.45, 7) is 5.38. The summed E-state index contributed by atoms with van der Waals surface area (Å²) in [5.41, 5.74) is 13.3. The Bertz CT molecular complexity index is 833. The summed E-state index contributed by atoms with van der Waals surface area (Å²) in [5, 5.41) is 21.2. The number of aliphatic hydroxyl groups excluding tert-OH is 1. The van der Waals surface area contributed by atoms with Gasteiger partial charge in [-0.1, -0.05) is 19.8 Å². The van der Waals surface area contributed by atoms with Crippen molar-refractivity contribution in [1.82, 2.24) is 0 Å². The Balaban J connectivity index is 2.54. The van der Waals surface area contributed by atoms with E-state index in [1.54, 1.807) is 19.9 Å². The van der Waals surface area contributed by atoms with E-state index in [9.17, 15) is 19.8 Å². The van der Waals surface area contributed by atoms with Crippen molar-refractivity contribution >= 4 is 17.3 Å². The second-order valence-electron chi connectivity index (χ2n) is 7.18. The molecular weight excluding hydrogens is 344 g/mol. The molecule has 2 rings (SSSR count). The first-order valence-corrected chi connectivity index (χ1v) is 9.24. The summed E-state index contributed by atoms with van der Waals surface area (Å²) in [6, 6.07) is 1.48. The number of hydrogen-bond donors (Lipinski definition) is 4. The van der Waals surface area contributed by atoms with Crippen LogP contribution in [0.1, 0.15) is 72.2 Å². The number of nitrogen functional groups attached to an aromatic ring is 1. The lowest BCUT2D eigenvalue weighted by Crippen LogP contribution is -2.30. The molecule has 6 heteroatoms. The Morgan fingerprint density at radius 1 is 1.30 bits per heavy atom. The fourth-order valence-corrected chi connectivity index (χ4v) is 3.49. The van der Waals surface area contributed by atoms with E-state index in [1.165, 1.54) is 6.07 Å². The third kappa shape index (κ3) is 4.15. The second kappa shape index (κ2) is 8.29. The molecule has 1 aromatic carbocycles. The second-order valence-corrected chi connectivity index (χ2v) is 7.18. The predicted molar refractivity (Wildman–Crippen MR) is 106 cm³/mol. The maximum Gasteiger partial charge on any atom is 0.178 e. The monoisotopic (exact) mass is 372 g/mol. The maximum atomic E-state index is 13.0. The summed E-state index contributed by atoms with van der Waals surface area (Å²) in [5.74, 6) is -2.31. The number of nitrogens with two attached hydrogens (primary N) is 2. The third-order valence-corrected chi connectivity index (χ3v) is 4.86. The van der Waals surface area contributed by atoms with Crippen molar-refractivity contribution in [3.63, 3.8) is 0 Å². The van der Waals surface area contributed by atoms with E-state index in [0.717, 1.165) is 19.3 Å². The van der Waals surface area contributed by atoms with Gasteiger partial charge in [-0.2, -0.15) is 0 Å². The van der Waals surface area contributed by atoms with Crippen LogP contribution >= 0.6 is 0 Å². The molecule has 6 N–H and O–H groups in total. The highest BCUT2D eigenvalue weighted by Crippen LogP contribution is 2.40. The van der Waals surface area contributed by atoms with Crippen LogP contribution in [-0.2, 0) is 0 Å². The Morgan fingerprint density at radius 3 is 2.56 bits per heavy atom. The highest BCUT2D eigenvalue weighted by Gasteiger charge is 2.39. The Hall–Kier alpha value is -2.76. The molecule has 0 spiro atoms. The number of phenols is 1. The van der Waals surface area contributed by atoms with Crippen molar-refractivity contribution < 1.29 is 19.8 Å². The first kappa shape index (κ1) is 20.6. The van der Waals surface area contributed by atoms with E-state index in [0.29, 0.717) is 23.3 Å². The maximum absolute atomic E-state index is 13.0. The Kier molecular flexibility index (Phi) is 6.31. The number of anilines is 1. The Labute approximate surface area is 159 Å². The first-order valence-electron chi connectivity index (χ1n) is 9.24. The van der Waals surface area contributed by atoms with Crippen molar-refractivity contribution in [3.8, 4) is 5.75 Å². The molecular formula is C21H28N2O4. The zero-order valence-corrected chi connectivity index (χ0v) is 16.1. The molecule has 0 saturated carbocycles. The molecule has 0 bridgehead atoms. The molecule has 0 heterocycles. The number of unbranched alkanes of at least 4 members (excludes halogenated alkanes) is 2. The topological polar surface area (TPSA) is 127 Å². The number of allylic oxidation sites excluding steroid dienone is 4. The number of benzene rings is 1. The van der Waals surface area contributed by atoms with E-state index in [2.05, 4.69) is 6.92 Å². The van der Waals surface area contributed by atoms with Crippen molar-refractivity contribution in [2.45, 2.75) is 52.9 Å². The van der Waals surface area contributed by atoms with Gasteiger partial charge in [-0.25, -0.2) is 0 Å². The van der Waals surface area contributed by atoms with Gasteiger partial charge in [-0.15, -0.1) is 0 Å². The zero-order chi connectivity index (χ0) is 20.3. The lowest BCUT2D eigenvalue weighted by Gasteiger charge is -2.25. The highest BCUT2D eigenvalue weighted by molar-refractivity contribution is 6.19. The van der Waals surface area contributed by atoms with Gasteiger partial charge < -0.3 is 21.7 Å². The minimum Gasteiger partial charge on any atom is -0.511 e. The van der Waals surface area contributed by atoms with Gasteiger partial charge in [-0.3, -0.25) is 9.59 Å². The molecule has 0 aromatic heterocycles. The molecule has 0 aliphatic heterocycles. The first-order chi connectivity index (χ1) is 12.7. The highest BCUT2D eigenvalue weighted by atomic mass is 16.3. The predicted octanol–water partition coefficient (Wildman–Crippen LogP) is 3.92. The van der Waals surface area contributed by atoms with Crippen LogP contribution in [0.25, 0.3) is 0 Å². The van der Waals surface area contributed by atoms with Gasteiger partial charge in [0.15, 0.2) is 11.6 Å². The van der Waals surface area contributed by atoms with E-state index < -0.39 is 11.7 Å². The number of hydrogen-bond acceptors (Lipinski definition) is 6. The molecule has 1 aliphatic rings. The molecule has 1 unspecified atom stereocenters. The Morgan fingerprint density at radius 2 is 1.96 bits per heavy atom. The number of aryl methyl sites for hydroxylation is 1. The van der Waals surface area contributed by atoms with E-state index >= 15 is 0 Å². The number of carbonyl (C=O) groups is 2. The van der Waals surface area contributed by atoms with Crippen molar-refractivity contribution in [3.05, 3.63) is 45.9 Å². The minimum absolute atomic E-state index is 0.0465. The fourth-order valence-electron chi connectivity index (χ4n) is 3.49. The fraction of sp³-hybridized carbons (Fsp3) is 0.429. The van der Waals surface area contributed by atoms with Crippen molar-refractivity contribution in [2.75, 3.05) is 5.73 Å². The van der Waals surface area contributed by atoms with Gasteiger partial charge in [0.1, 0.15) is 11.5 Å². The van der Waals surface area contributed by atoms with E-state index in [-0.39, 0.29) is 40.5 Å². The van der Waals surface area contributed by atoms with Gasteiger partial charge in [0.2, 0.25) is 0 Å². The van der Waals surface area contributed by atoms with Gasteiger partial charge in [0.05, 0.1) is 17.0 Å². The van der Waals surface area contributed by atoms with Gasteiger partial charge in [0, 0.05) is 17.8 Å². The number of Topliss-reactive ketones (excluding diaryl/α,β-unsaturated/α-hetero) is 2. The van der Waals surface area contributed by atoms with Crippen LogP contribution in [0.2, 0.25) is 0 Å². The number of phenolic OH excluding ortho intramolecular Hbond substituents is 1. The van der Waals surface area contributed by atoms with E-state index in [1.807, 2.05) is 0 Å². The van der Waals surface area contributed by atoms with E-state index in [4.69, 9.17) is 11.5 Å². The molecule has 0 amide bonds. The van der Waals surface area contributed by atoms with Crippen LogP contribution < -0.4 is 11.5 Å². The molecule has 0 radical (unpaired) electrons. The quantitative estimate of drug-likeness (QED) is 0.197. The smallest absolute Gasteiger partial charge is 0.178 e. The van der Waals surface area contributed by atoms with Crippen molar-refractivity contribution in [1.29, 1.82) is 0 Å². The SMILES string of the molecule is CCCCCC(/C=C(\C)N)=C(\O)C1CC(=O)c2c(N)cc(C)c(O)c2C1=O. The zero-order valence-electron chi connectivity index (χ0n) is 16.1. The molecule has 1 aliphatic carbocycles. The molecule has 1 aromatic rings. The number of rotatable bonds is 6. The largest absolute Gasteiger partial charge is 0.511 e. The number of fused-ring (bicyclic) bond motifs is 1.